The molecular formula is C20H26ClFN2O4. The molecule has 3 heterocycles. The van der Waals surface area contributed by atoms with E-state index in [-0.39, 0.29) is 29.9 Å². The lowest BCUT2D eigenvalue weighted by Gasteiger charge is -2.29. The predicted molar refractivity (Wildman–Crippen MR) is 102 cm³/mol. The van der Waals surface area contributed by atoms with Gasteiger partial charge in [-0.15, -0.1) is 0 Å². The van der Waals surface area contributed by atoms with Crippen molar-refractivity contribution in [3.63, 3.8) is 0 Å². The molecule has 3 aliphatic heterocycles. The second-order valence-electron chi connectivity index (χ2n) is 7.70. The smallest absolute Gasteiger partial charge is 0.290 e. The molecule has 0 unspecified atom stereocenters. The van der Waals surface area contributed by atoms with Crippen LogP contribution in [0.2, 0.25) is 5.02 Å². The first kappa shape index (κ1) is 21.0. The van der Waals surface area contributed by atoms with E-state index in [0.29, 0.717) is 36.4 Å². The van der Waals surface area contributed by atoms with Crippen LogP contribution < -0.4 is 5.32 Å². The van der Waals surface area contributed by atoms with Crippen LogP contribution in [0.3, 0.4) is 0 Å². The summed E-state index contributed by atoms with van der Waals surface area (Å²) in [5, 5.41) is 10.5. The van der Waals surface area contributed by atoms with E-state index in [1.165, 1.54) is 12.1 Å². The topological polar surface area (TPSA) is 78.9 Å². The number of halogens is 2. The molecule has 8 heteroatoms. The number of ether oxygens (including phenoxy) is 1. The van der Waals surface area contributed by atoms with Crippen LogP contribution in [0.1, 0.15) is 31.7 Å². The zero-order valence-corrected chi connectivity index (χ0v) is 16.6. The standard InChI is InChI=1S/C19H24ClFN2O2.CH2O2/c1-2-18(24)22-8-14-15-10-23(11-19(15)6-5-17(14)25-19)9-12-7-13(21)3-4-16(12)20;2-1-3/h3-4,7,14-15,17H,2,5-6,8-11H2,1H3,(H,22,24);1H,(H,2,3)/t14-,15+,17+,19+;/m0./s1. The summed E-state index contributed by atoms with van der Waals surface area (Å²) in [5.41, 5.74) is 0.731. The Kier molecular flexibility index (Phi) is 6.58. The molecule has 6 nitrogen and oxygen atoms in total. The summed E-state index contributed by atoms with van der Waals surface area (Å²) >= 11 is 6.23. The minimum Gasteiger partial charge on any atom is -0.483 e. The molecule has 154 valence electrons. The van der Waals surface area contributed by atoms with Gasteiger partial charge in [0, 0.05) is 49.5 Å². The Hall–Kier alpha value is -1.70. The molecule has 0 radical (unpaired) electrons. The highest BCUT2D eigenvalue weighted by Gasteiger charge is 2.62. The Balaban J connectivity index is 0.000000706. The molecule has 2 N–H and O–H groups in total. The number of fused-ring (bicyclic) bond motifs is 1. The number of carboxylic acid groups (broad SMARTS) is 1. The van der Waals surface area contributed by atoms with Gasteiger partial charge in [0.1, 0.15) is 5.82 Å². The van der Waals surface area contributed by atoms with Gasteiger partial charge in [0.25, 0.3) is 6.47 Å². The molecule has 4 rings (SSSR count). The van der Waals surface area contributed by atoms with Gasteiger partial charge in [-0.3, -0.25) is 14.5 Å². The van der Waals surface area contributed by atoms with Crippen LogP contribution in [-0.2, 0) is 20.9 Å². The van der Waals surface area contributed by atoms with Gasteiger partial charge < -0.3 is 15.2 Å². The quantitative estimate of drug-likeness (QED) is 0.727. The minimum atomic E-state index is -0.255. The minimum absolute atomic E-state index is 0.0912. The maximum absolute atomic E-state index is 13.5. The van der Waals surface area contributed by atoms with Crippen LogP contribution in [0.15, 0.2) is 18.2 Å². The molecule has 3 saturated heterocycles. The zero-order valence-electron chi connectivity index (χ0n) is 15.9. The van der Waals surface area contributed by atoms with Crippen LogP contribution in [0.4, 0.5) is 4.39 Å². The third-order valence-corrected chi connectivity index (χ3v) is 6.48. The Bertz CT molecular complexity index is 734. The fourth-order valence-corrected chi connectivity index (χ4v) is 5.12. The van der Waals surface area contributed by atoms with Gasteiger partial charge in [0.15, 0.2) is 0 Å². The van der Waals surface area contributed by atoms with Gasteiger partial charge in [0.2, 0.25) is 5.91 Å². The average Bonchev–Trinajstić information content (AvgIpc) is 3.31. The van der Waals surface area contributed by atoms with Crippen LogP contribution >= 0.6 is 11.6 Å². The Morgan fingerprint density at radius 3 is 3.00 bits per heavy atom. The number of carbonyl (C=O) groups excluding carboxylic acids is 1. The molecule has 1 spiro atoms. The van der Waals surface area contributed by atoms with Crippen molar-refractivity contribution in [2.24, 2.45) is 11.8 Å². The van der Waals surface area contributed by atoms with E-state index >= 15 is 0 Å². The van der Waals surface area contributed by atoms with Crippen molar-refractivity contribution in [2.75, 3.05) is 19.6 Å². The predicted octanol–water partition coefficient (Wildman–Crippen LogP) is 2.69. The molecule has 4 atom stereocenters. The van der Waals surface area contributed by atoms with Crippen molar-refractivity contribution < 1.29 is 23.8 Å². The average molecular weight is 413 g/mol. The number of carbonyl (C=O) groups is 2. The highest BCUT2D eigenvalue weighted by atomic mass is 35.5. The van der Waals surface area contributed by atoms with Crippen molar-refractivity contribution >= 4 is 24.0 Å². The van der Waals surface area contributed by atoms with Crippen molar-refractivity contribution in [1.29, 1.82) is 0 Å². The number of amides is 1. The second-order valence-corrected chi connectivity index (χ2v) is 8.11. The van der Waals surface area contributed by atoms with Gasteiger partial charge in [-0.25, -0.2) is 4.39 Å². The van der Waals surface area contributed by atoms with Crippen molar-refractivity contribution in [2.45, 2.75) is 44.4 Å². The number of hydrogen-bond acceptors (Lipinski definition) is 4. The van der Waals surface area contributed by atoms with Gasteiger partial charge in [-0.1, -0.05) is 18.5 Å². The van der Waals surface area contributed by atoms with Crippen LogP contribution in [0.25, 0.3) is 0 Å². The summed E-state index contributed by atoms with van der Waals surface area (Å²) in [7, 11) is 0. The van der Waals surface area contributed by atoms with E-state index in [2.05, 4.69) is 10.2 Å². The number of nitrogens with one attached hydrogen (secondary N) is 1. The van der Waals surface area contributed by atoms with E-state index in [0.717, 1.165) is 31.5 Å². The maximum Gasteiger partial charge on any atom is 0.290 e. The van der Waals surface area contributed by atoms with E-state index in [4.69, 9.17) is 26.2 Å². The molecular weight excluding hydrogens is 387 g/mol. The number of hydrogen-bond donors (Lipinski definition) is 2. The Labute approximate surface area is 169 Å². The number of benzene rings is 1. The van der Waals surface area contributed by atoms with Gasteiger partial charge in [0.05, 0.1) is 11.7 Å². The molecule has 1 aromatic carbocycles. The molecule has 0 aliphatic carbocycles. The number of rotatable bonds is 5. The van der Waals surface area contributed by atoms with E-state index < -0.39 is 0 Å². The van der Waals surface area contributed by atoms with Gasteiger partial charge in [-0.05, 0) is 36.6 Å². The first-order valence-electron chi connectivity index (χ1n) is 9.61. The van der Waals surface area contributed by atoms with Crippen molar-refractivity contribution in [3.05, 3.63) is 34.6 Å². The van der Waals surface area contributed by atoms with E-state index in [1.807, 2.05) is 6.92 Å². The molecule has 2 bridgehead atoms. The van der Waals surface area contributed by atoms with Crippen LogP contribution in [-0.4, -0.2) is 53.7 Å². The van der Waals surface area contributed by atoms with E-state index in [9.17, 15) is 9.18 Å². The highest BCUT2D eigenvalue weighted by Crippen LogP contribution is 2.54. The third-order valence-electron chi connectivity index (χ3n) is 6.11. The van der Waals surface area contributed by atoms with Gasteiger partial charge >= 0.3 is 0 Å². The third kappa shape index (κ3) is 4.16. The molecule has 28 heavy (non-hydrogen) atoms. The molecule has 3 aliphatic rings. The lowest BCUT2D eigenvalue weighted by atomic mass is 9.73. The first-order valence-corrected chi connectivity index (χ1v) is 9.99. The fraction of sp³-hybridized carbons (Fsp3) is 0.600. The first-order chi connectivity index (χ1) is 13.4. The number of likely N-dealkylation sites (tertiary alicyclic amines) is 1. The summed E-state index contributed by atoms with van der Waals surface area (Å²) in [6.07, 6.45) is 2.92. The Morgan fingerprint density at radius 2 is 2.29 bits per heavy atom. The highest BCUT2D eigenvalue weighted by molar-refractivity contribution is 6.31. The SMILES string of the molecule is CCC(=O)NC[C@H]1[C@H]2CN(Cc3cc(F)ccc3Cl)C[C@]23CC[C@H]1O3.O=CO. The zero-order chi connectivity index (χ0) is 20.3. The van der Waals surface area contributed by atoms with Gasteiger partial charge in [-0.2, -0.15) is 0 Å². The summed E-state index contributed by atoms with van der Waals surface area (Å²) in [4.78, 5) is 22.3. The summed E-state index contributed by atoms with van der Waals surface area (Å²) in [6, 6.07) is 4.53. The normalized spacial score (nSPS) is 30.5. The molecule has 0 saturated carbocycles. The van der Waals surface area contributed by atoms with Crippen molar-refractivity contribution in [1.82, 2.24) is 10.2 Å². The maximum atomic E-state index is 13.5. The summed E-state index contributed by atoms with van der Waals surface area (Å²) in [5.74, 6) is 0.639. The van der Waals surface area contributed by atoms with E-state index in [1.54, 1.807) is 6.07 Å². The fourth-order valence-electron chi connectivity index (χ4n) is 4.94. The largest absolute Gasteiger partial charge is 0.483 e. The van der Waals surface area contributed by atoms with Crippen LogP contribution in [0.5, 0.6) is 0 Å². The molecule has 3 fully saturated rings. The van der Waals surface area contributed by atoms with Crippen molar-refractivity contribution in [3.8, 4) is 0 Å². The summed E-state index contributed by atoms with van der Waals surface area (Å²) < 4.78 is 19.9. The Morgan fingerprint density at radius 1 is 1.54 bits per heavy atom. The van der Waals surface area contributed by atoms with Crippen LogP contribution in [0, 0.1) is 17.7 Å². The lowest BCUT2D eigenvalue weighted by molar-refractivity contribution is -0.123. The monoisotopic (exact) mass is 412 g/mol. The second kappa shape index (κ2) is 8.76. The molecule has 1 aromatic rings. The summed E-state index contributed by atoms with van der Waals surface area (Å²) in [6.45, 7) is 4.72. The molecule has 1 amide bonds. The lowest BCUT2D eigenvalue weighted by Crippen LogP contribution is -2.41. The molecule has 0 aromatic heterocycles. The number of nitrogens with zero attached hydrogens (tertiary/aromatic N) is 1.